The molecule has 0 aliphatic rings. The predicted molar refractivity (Wildman–Crippen MR) is 67.8 cm³/mol. The molecule has 0 aromatic heterocycles. The Hall–Kier alpha value is -1.95. The molecule has 1 unspecified atom stereocenters. The van der Waals surface area contributed by atoms with Crippen LogP contribution in [0.1, 0.15) is 35.7 Å². The van der Waals surface area contributed by atoms with Gasteiger partial charge in [-0.05, 0) is 31.0 Å². The molecule has 0 bridgehead atoms. The molecule has 0 fully saturated rings. The number of rotatable bonds is 4. The third-order valence-electron chi connectivity index (χ3n) is 2.48. The van der Waals surface area contributed by atoms with Gasteiger partial charge in [-0.25, -0.2) is 0 Å². The van der Waals surface area contributed by atoms with Crippen LogP contribution in [0.2, 0.25) is 0 Å². The van der Waals surface area contributed by atoms with Crippen LogP contribution in [0.5, 0.6) is 5.75 Å². The van der Waals surface area contributed by atoms with Crippen molar-refractivity contribution < 1.29 is 9.90 Å². The first-order valence-electron chi connectivity index (χ1n) is 5.65. The minimum absolute atomic E-state index is 0.0187. The number of phenolic OH excluding ortho intramolecular Hbond substituents is 1. The fourth-order valence-corrected chi connectivity index (χ4v) is 1.56. The Morgan fingerprint density at radius 2 is 2.29 bits per heavy atom. The first-order chi connectivity index (χ1) is 8.08. The summed E-state index contributed by atoms with van der Waals surface area (Å²) < 4.78 is 0. The monoisotopic (exact) mass is 231 g/mol. The lowest BCUT2D eigenvalue weighted by molar-refractivity contribution is 0.0941. The molecule has 90 valence electrons. The molecule has 1 atom stereocenters. The molecule has 0 saturated heterocycles. The molecular weight excluding hydrogens is 214 g/mol. The van der Waals surface area contributed by atoms with Crippen LogP contribution in [0, 0.1) is 19.3 Å². The zero-order valence-corrected chi connectivity index (χ0v) is 10.2. The first kappa shape index (κ1) is 13.1. The van der Waals surface area contributed by atoms with Gasteiger partial charge in [-0.2, -0.15) is 0 Å². The lowest BCUT2D eigenvalue weighted by Crippen LogP contribution is -2.33. The summed E-state index contributed by atoms with van der Waals surface area (Å²) in [6.07, 6.45) is 6.95. The Balaban J connectivity index is 2.79. The molecule has 0 aliphatic carbocycles. The van der Waals surface area contributed by atoms with E-state index in [1.165, 1.54) is 0 Å². The van der Waals surface area contributed by atoms with E-state index >= 15 is 0 Å². The standard InChI is InChI=1S/C14H17NO2/c1-4-6-11(5-2)15-14(17)12-8-7-10(3)9-13(12)16/h2,7-9,11,16H,4,6H2,1,3H3,(H,15,17). The molecule has 2 N–H and O–H groups in total. The van der Waals surface area contributed by atoms with E-state index in [0.29, 0.717) is 0 Å². The van der Waals surface area contributed by atoms with Crippen LogP contribution in [0.25, 0.3) is 0 Å². The predicted octanol–water partition coefficient (Wildman–Crippen LogP) is 2.23. The van der Waals surface area contributed by atoms with E-state index in [9.17, 15) is 9.90 Å². The highest BCUT2D eigenvalue weighted by atomic mass is 16.3. The molecule has 1 amide bonds. The molecule has 3 nitrogen and oxygen atoms in total. The number of benzene rings is 1. The Morgan fingerprint density at radius 1 is 1.59 bits per heavy atom. The van der Waals surface area contributed by atoms with Gasteiger partial charge in [0, 0.05) is 0 Å². The summed E-state index contributed by atoms with van der Waals surface area (Å²) in [7, 11) is 0. The van der Waals surface area contributed by atoms with Crippen LogP contribution in [0.3, 0.4) is 0 Å². The SMILES string of the molecule is C#CC(CCC)NC(=O)c1ccc(C)cc1O. The van der Waals surface area contributed by atoms with Crippen molar-refractivity contribution in [3.05, 3.63) is 29.3 Å². The number of hydrogen-bond acceptors (Lipinski definition) is 2. The molecule has 1 aromatic rings. The molecule has 3 heteroatoms. The maximum Gasteiger partial charge on any atom is 0.256 e. The van der Waals surface area contributed by atoms with Gasteiger partial charge >= 0.3 is 0 Å². The van der Waals surface area contributed by atoms with Crippen molar-refractivity contribution in [3.8, 4) is 18.1 Å². The van der Waals surface area contributed by atoms with E-state index in [4.69, 9.17) is 6.42 Å². The van der Waals surface area contributed by atoms with Gasteiger partial charge in [0.2, 0.25) is 0 Å². The number of nitrogens with one attached hydrogen (secondary N) is 1. The highest BCUT2D eigenvalue weighted by Gasteiger charge is 2.14. The molecule has 0 spiro atoms. The van der Waals surface area contributed by atoms with Crippen LogP contribution in [-0.2, 0) is 0 Å². The van der Waals surface area contributed by atoms with Gasteiger partial charge in [0.15, 0.2) is 0 Å². The number of carbonyl (C=O) groups is 1. The van der Waals surface area contributed by atoms with Crippen molar-refractivity contribution in [2.24, 2.45) is 0 Å². The molecule has 1 aromatic carbocycles. The Morgan fingerprint density at radius 3 is 2.82 bits per heavy atom. The van der Waals surface area contributed by atoms with Crippen LogP contribution >= 0.6 is 0 Å². The van der Waals surface area contributed by atoms with Crippen molar-refractivity contribution in [1.82, 2.24) is 5.32 Å². The Kier molecular flexibility index (Phi) is 4.59. The summed E-state index contributed by atoms with van der Waals surface area (Å²) in [6, 6.07) is 4.64. The van der Waals surface area contributed by atoms with Gasteiger partial charge in [-0.3, -0.25) is 4.79 Å². The molecule has 0 saturated carbocycles. The van der Waals surface area contributed by atoms with Crippen LogP contribution in [0.15, 0.2) is 18.2 Å². The third-order valence-corrected chi connectivity index (χ3v) is 2.48. The third kappa shape index (κ3) is 3.53. The molecule has 0 radical (unpaired) electrons. The quantitative estimate of drug-likeness (QED) is 0.781. The van der Waals surface area contributed by atoms with E-state index in [-0.39, 0.29) is 23.3 Å². The summed E-state index contributed by atoms with van der Waals surface area (Å²) in [5.41, 5.74) is 1.16. The second-order valence-electron chi connectivity index (χ2n) is 4.00. The molecule has 1 rings (SSSR count). The van der Waals surface area contributed by atoms with Crippen molar-refractivity contribution in [2.75, 3.05) is 0 Å². The molecule has 0 heterocycles. The van der Waals surface area contributed by atoms with E-state index in [1.54, 1.807) is 18.2 Å². The maximum atomic E-state index is 11.9. The van der Waals surface area contributed by atoms with Crippen molar-refractivity contribution in [3.63, 3.8) is 0 Å². The largest absolute Gasteiger partial charge is 0.507 e. The second-order valence-corrected chi connectivity index (χ2v) is 4.00. The summed E-state index contributed by atoms with van der Waals surface area (Å²) >= 11 is 0. The number of aromatic hydroxyl groups is 1. The number of phenols is 1. The maximum absolute atomic E-state index is 11.9. The van der Waals surface area contributed by atoms with Gasteiger partial charge in [0.1, 0.15) is 5.75 Å². The lowest BCUT2D eigenvalue weighted by Gasteiger charge is -2.12. The fourth-order valence-electron chi connectivity index (χ4n) is 1.56. The van der Waals surface area contributed by atoms with E-state index in [0.717, 1.165) is 18.4 Å². The molecule has 0 aliphatic heterocycles. The van der Waals surface area contributed by atoms with E-state index in [1.807, 2.05) is 13.8 Å². The number of amides is 1. The topological polar surface area (TPSA) is 49.3 Å². The second kappa shape index (κ2) is 5.95. The van der Waals surface area contributed by atoms with Gasteiger partial charge < -0.3 is 10.4 Å². The van der Waals surface area contributed by atoms with Crippen LogP contribution in [0.4, 0.5) is 0 Å². The number of carbonyl (C=O) groups excluding carboxylic acids is 1. The summed E-state index contributed by atoms with van der Waals surface area (Å²) in [5, 5.41) is 12.4. The smallest absolute Gasteiger partial charge is 0.256 e. The van der Waals surface area contributed by atoms with Crippen LogP contribution < -0.4 is 5.32 Å². The minimum Gasteiger partial charge on any atom is -0.507 e. The zero-order valence-electron chi connectivity index (χ0n) is 10.2. The Labute approximate surface area is 102 Å². The zero-order chi connectivity index (χ0) is 12.8. The average Bonchev–Trinajstić information content (AvgIpc) is 2.28. The van der Waals surface area contributed by atoms with Gasteiger partial charge in [0.05, 0.1) is 11.6 Å². The molecular formula is C14H17NO2. The Bertz CT molecular complexity index is 446. The van der Waals surface area contributed by atoms with Crippen molar-refractivity contribution in [2.45, 2.75) is 32.7 Å². The highest BCUT2D eigenvalue weighted by Crippen LogP contribution is 2.18. The summed E-state index contributed by atoms with van der Waals surface area (Å²) in [5.74, 6) is 2.17. The number of terminal acetylenes is 1. The lowest BCUT2D eigenvalue weighted by atomic mass is 10.1. The van der Waals surface area contributed by atoms with Crippen molar-refractivity contribution >= 4 is 5.91 Å². The minimum atomic E-state index is -0.334. The fraction of sp³-hybridized carbons (Fsp3) is 0.357. The number of hydrogen-bond donors (Lipinski definition) is 2. The van der Waals surface area contributed by atoms with Gasteiger partial charge in [-0.1, -0.05) is 25.3 Å². The van der Waals surface area contributed by atoms with Crippen molar-refractivity contribution in [1.29, 1.82) is 0 Å². The normalized spacial score (nSPS) is 11.6. The summed E-state index contributed by atoms with van der Waals surface area (Å²) in [6.45, 7) is 3.85. The van der Waals surface area contributed by atoms with E-state index < -0.39 is 0 Å². The number of aryl methyl sites for hydroxylation is 1. The first-order valence-corrected chi connectivity index (χ1v) is 5.65. The van der Waals surface area contributed by atoms with Gasteiger partial charge in [0.25, 0.3) is 5.91 Å². The highest BCUT2D eigenvalue weighted by molar-refractivity contribution is 5.97. The van der Waals surface area contributed by atoms with Gasteiger partial charge in [-0.15, -0.1) is 6.42 Å². The van der Waals surface area contributed by atoms with E-state index in [2.05, 4.69) is 11.2 Å². The van der Waals surface area contributed by atoms with Crippen LogP contribution in [-0.4, -0.2) is 17.1 Å². The average molecular weight is 231 g/mol. The summed E-state index contributed by atoms with van der Waals surface area (Å²) in [4.78, 5) is 11.9. The molecule has 17 heavy (non-hydrogen) atoms.